The number of carbonyl (C=O) groups excluding carboxylic acids is 1. The van der Waals surface area contributed by atoms with E-state index in [-0.39, 0.29) is 10.8 Å². The fourth-order valence-corrected chi connectivity index (χ4v) is 4.49. The zero-order valence-electron chi connectivity index (χ0n) is 17.5. The van der Waals surface area contributed by atoms with Crippen LogP contribution in [-0.4, -0.2) is 62.2 Å². The van der Waals surface area contributed by atoms with Gasteiger partial charge in [-0.2, -0.15) is 0 Å². The SMILES string of the molecule is COc1ccccc1N1CCN(CC=CCNC(=O)c2ccc3[nH]c(=O)sc3c2)CC1. The smallest absolute Gasteiger partial charge is 0.305 e. The molecule has 1 aromatic heterocycles. The monoisotopic (exact) mass is 438 g/mol. The number of rotatable bonds is 7. The number of thiazole rings is 1. The van der Waals surface area contributed by atoms with E-state index in [4.69, 9.17) is 4.74 Å². The van der Waals surface area contributed by atoms with Crippen LogP contribution in [0.25, 0.3) is 10.2 Å². The van der Waals surface area contributed by atoms with Crippen LogP contribution < -0.4 is 19.8 Å². The second-order valence-corrected chi connectivity index (χ2v) is 8.38. The molecule has 0 saturated carbocycles. The van der Waals surface area contributed by atoms with Crippen LogP contribution in [0.5, 0.6) is 5.75 Å². The van der Waals surface area contributed by atoms with Gasteiger partial charge in [-0.1, -0.05) is 35.6 Å². The number of nitrogens with zero attached hydrogens (tertiary/aromatic N) is 2. The number of ether oxygens (including phenoxy) is 1. The average Bonchev–Trinajstić information content (AvgIpc) is 3.18. The highest BCUT2D eigenvalue weighted by Crippen LogP contribution is 2.28. The van der Waals surface area contributed by atoms with Gasteiger partial charge >= 0.3 is 4.87 Å². The Balaban J connectivity index is 1.21. The zero-order valence-corrected chi connectivity index (χ0v) is 18.3. The van der Waals surface area contributed by atoms with Crippen molar-refractivity contribution in [2.45, 2.75) is 0 Å². The predicted molar refractivity (Wildman–Crippen MR) is 126 cm³/mol. The number of benzene rings is 2. The number of fused-ring (bicyclic) bond motifs is 1. The topological polar surface area (TPSA) is 77.7 Å². The highest BCUT2D eigenvalue weighted by molar-refractivity contribution is 7.16. The minimum Gasteiger partial charge on any atom is -0.495 e. The number of aromatic nitrogens is 1. The summed E-state index contributed by atoms with van der Waals surface area (Å²) in [4.78, 5) is 31.1. The fourth-order valence-electron chi connectivity index (χ4n) is 3.71. The van der Waals surface area contributed by atoms with Gasteiger partial charge in [0.25, 0.3) is 5.91 Å². The molecule has 2 heterocycles. The molecule has 0 atom stereocenters. The molecule has 0 radical (unpaired) electrons. The molecule has 162 valence electrons. The third-order valence-electron chi connectivity index (χ3n) is 5.39. The van der Waals surface area contributed by atoms with Crippen molar-refractivity contribution < 1.29 is 9.53 Å². The molecule has 3 aromatic rings. The average molecular weight is 439 g/mol. The Bertz CT molecular complexity index is 1130. The molecule has 0 aliphatic carbocycles. The molecule has 31 heavy (non-hydrogen) atoms. The maximum Gasteiger partial charge on any atom is 0.305 e. The van der Waals surface area contributed by atoms with Gasteiger partial charge in [-0.25, -0.2) is 0 Å². The van der Waals surface area contributed by atoms with Crippen molar-refractivity contribution in [3.05, 3.63) is 69.8 Å². The number of anilines is 1. The van der Waals surface area contributed by atoms with Gasteiger partial charge in [0.1, 0.15) is 5.75 Å². The summed E-state index contributed by atoms with van der Waals surface area (Å²) in [6, 6.07) is 13.4. The summed E-state index contributed by atoms with van der Waals surface area (Å²) in [5.41, 5.74) is 2.47. The summed E-state index contributed by atoms with van der Waals surface area (Å²) in [7, 11) is 1.71. The Hall–Kier alpha value is -3.10. The molecule has 8 heteroatoms. The van der Waals surface area contributed by atoms with E-state index in [2.05, 4.69) is 32.2 Å². The first kappa shape index (κ1) is 21.1. The number of H-pyrrole nitrogens is 1. The second kappa shape index (κ2) is 9.80. The van der Waals surface area contributed by atoms with Gasteiger partial charge in [0, 0.05) is 44.8 Å². The number of para-hydroxylation sites is 2. The van der Waals surface area contributed by atoms with Crippen LogP contribution in [0.1, 0.15) is 10.4 Å². The Morgan fingerprint density at radius 2 is 1.97 bits per heavy atom. The Kier molecular flexibility index (Phi) is 6.69. The first-order chi connectivity index (χ1) is 15.1. The van der Waals surface area contributed by atoms with E-state index in [9.17, 15) is 9.59 Å². The first-order valence-electron chi connectivity index (χ1n) is 10.3. The van der Waals surface area contributed by atoms with Crippen molar-refractivity contribution in [2.24, 2.45) is 0 Å². The van der Waals surface area contributed by atoms with Crippen LogP contribution in [-0.2, 0) is 0 Å². The summed E-state index contributed by atoms with van der Waals surface area (Å²) in [6.45, 7) is 5.21. The lowest BCUT2D eigenvalue weighted by molar-refractivity contribution is 0.0958. The number of carbonyl (C=O) groups is 1. The van der Waals surface area contributed by atoms with Gasteiger partial charge in [0.05, 0.1) is 23.0 Å². The van der Waals surface area contributed by atoms with Crippen LogP contribution in [0.2, 0.25) is 0 Å². The lowest BCUT2D eigenvalue weighted by atomic mass is 10.2. The normalized spacial score (nSPS) is 14.9. The Labute approximate surface area is 184 Å². The molecular formula is C23H26N4O3S. The van der Waals surface area contributed by atoms with Crippen LogP contribution >= 0.6 is 11.3 Å². The fraction of sp³-hybridized carbons (Fsp3) is 0.304. The summed E-state index contributed by atoms with van der Waals surface area (Å²) < 4.78 is 6.27. The molecule has 1 fully saturated rings. The van der Waals surface area contributed by atoms with Gasteiger partial charge in [-0.3, -0.25) is 14.5 Å². The van der Waals surface area contributed by atoms with Crippen LogP contribution in [0.4, 0.5) is 5.69 Å². The predicted octanol–water partition coefficient (Wildman–Crippen LogP) is 2.71. The number of amides is 1. The van der Waals surface area contributed by atoms with Gasteiger partial charge in [-0.05, 0) is 30.3 Å². The first-order valence-corrected chi connectivity index (χ1v) is 11.1. The molecule has 0 bridgehead atoms. The Morgan fingerprint density at radius 1 is 1.16 bits per heavy atom. The molecule has 1 saturated heterocycles. The molecule has 1 amide bonds. The third kappa shape index (κ3) is 5.15. The summed E-state index contributed by atoms with van der Waals surface area (Å²) in [5.74, 6) is 0.772. The van der Waals surface area contributed by atoms with Crippen molar-refractivity contribution in [3.63, 3.8) is 0 Å². The van der Waals surface area contributed by atoms with Crippen molar-refractivity contribution >= 4 is 33.1 Å². The number of hydrogen-bond acceptors (Lipinski definition) is 6. The minimum absolute atomic E-state index is 0.112. The number of aromatic amines is 1. The zero-order chi connectivity index (χ0) is 21.6. The van der Waals surface area contributed by atoms with Crippen LogP contribution in [0.3, 0.4) is 0 Å². The second-order valence-electron chi connectivity index (χ2n) is 7.37. The number of nitrogens with one attached hydrogen (secondary N) is 2. The molecule has 4 rings (SSSR count). The summed E-state index contributed by atoms with van der Waals surface area (Å²) in [5, 5.41) is 2.90. The largest absolute Gasteiger partial charge is 0.495 e. The third-order valence-corrected chi connectivity index (χ3v) is 6.24. The van der Waals surface area contributed by atoms with E-state index in [0.29, 0.717) is 12.1 Å². The summed E-state index contributed by atoms with van der Waals surface area (Å²) >= 11 is 1.11. The van der Waals surface area contributed by atoms with Gasteiger partial charge in [0.2, 0.25) is 0 Å². The maximum absolute atomic E-state index is 12.3. The van der Waals surface area contributed by atoms with E-state index in [1.807, 2.05) is 24.3 Å². The Morgan fingerprint density at radius 3 is 2.77 bits per heavy atom. The molecule has 2 N–H and O–H groups in total. The quantitative estimate of drug-likeness (QED) is 0.555. The number of hydrogen-bond donors (Lipinski definition) is 2. The molecule has 0 unspecified atom stereocenters. The lowest BCUT2D eigenvalue weighted by Gasteiger charge is -2.36. The van der Waals surface area contributed by atoms with E-state index in [1.165, 1.54) is 0 Å². The molecule has 1 aliphatic rings. The van der Waals surface area contributed by atoms with Crippen molar-refractivity contribution in [3.8, 4) is 5.75 Å². The molecule has 7 nitrogen and oxygen atoms in total. The number of methoxy groups -OCH3 is 1. The van der Waals surface area contributed by atoms with Gasteiger partial charge < -0.3 is 19.9 Å². The standard InChI is InChI=1S/C23H26N4O3S/c1-30-20-7-3-2-6-19(20)27-14-12-26(13-15-27)11-5-4-10-24-22(28)17-8-9-18-21(16-17)31-23(29)25-18/h2-9,16H,10-15H2,1H3,(H,24,28)(H,25,29). The van der Waals surface area contributed by atoms with Crippen LogP contribution in [0.15, 0.2) is 59.4 Å². The van der Waals surface area contributed by atoms with Crippen LogP contribution in [0, 0.1) is 0 Å². The van der Waals surface area contributed by atoms with E-state index in [0.717, 1.165) is 65.7 Å². The molecule has 0 spiro atoms. The van der Waals surface area contributed by atoms with E-state index < -0.39 is 0 Å². The lowest BCUT2D eigenvalue weighted by Crippen LogP contribution is -2.46. The molecule has 1 aliphatic heterocycles. The minimum atomic E-state index is -0.141. The van der Waals surface area contributed by atoms with E-state index in [1.54, 1.807) is 25.3 Å². The van der Waals surface area contributed by atoms with Crippen molar-refractivity contribution in [1.29, 1.82) is 0 Å². The maximum atomic E-state index is 12.3. The van der Waals surface area contributed by atoms with Crippen molar-refractivity contribution in [1.82, 2.24) is 15.2 Å². The van der Waals surface area contributed by atoms with Crippen molar-refractivity contribution in [2.75, 3.05) is 51.3 Å². The highest BCUT2D eigenvalue weighted by Gasteiger charge is 2.18. The van der Waals surface area contributed by atoms with E-state index >= 15 is 0 Å². The van der Waals surface area contributed by atoms with Gasteiger partial charge in [0.15, 0.2) is 0 Å². The highest BCUT2D eigenvalue weighted by atomic mass is 32.1. The summed E-state index contributed by atoms with van der Waals surface area (Å²) in [6.07, 6.45) is 4.08. The van der Waals surface area contributed by atoms with Gasteiger partial charge in [-0.15, -0.1) is 0 Å². The molecule has 2 aromatic carbocycles. The number of piperazine rings is 1. The molecular weight excluding hydrogens is 412 g/mol.